The molecule has 1 fully saturated rings. The first kappa shape index (κ1) is 20.6. The lowest BCUT2D eigenvalue weighted by Gasteiger charge is -2.32. The number of likely N-dealkylation sites (tertiary alicyclic amines) is 1. The SMILES string of the molecule is O=C(c1cccnc1)N1CCC(c2nc3c(c(=O)[nH]2)CN(Cc2ccccc2)CC3)CC1. The Kier molecular flexibility index (Phi) is 5.81. The number of fused-ring (bicyclic) bond motifs is 1. The Bertz CT molecular complexity index is 1140. The summed E-state index contributed by atoms with van der Waals surface area (Å²) in [6.45, 7) is 3.68. The Morgan fingerprint density at radius 3 is 2.62 bits per heavy atom. The minimum absolute atomic E-state index is 0.0157. The van der Waals surface area contributed by atoms with Crippen molar-refractivity contribution >= 4 is 5.91 Å². The summed E-state index contributed by atoms with van der Waals surface area (Å²) in [6.07, 6.45) is 5.67. The number of carbonyl (C=O) groups is 1. The average Bonchev–Trinajstić information content (AvgIpc) is 2.85. The molecule has 0 atom stereocenters. The summed E-state index contributed by atoms with van der Waals surface area (Å²) in [6, 6.07) is 13.9. The molecule has 3 aromatic rings. The fourth-order valence-electron chi connectivity index (χ4n) is 4.70. The van der Waals surface area contributed by atoms with Crippen LogP contribution in [0.25, 0.3) is 0 Å². The molecule has 164 valence electrons. The van der Waals surface area contributed by atoms with E-state index < -0.39 is 0 Å². The lowest BCUT2D eigenvalue weighted by Crippen LogP contribution is -2.39. The maximum absolute atomic E-state index is 12.9. The van der Waals surface area contributed by atoms with Crippen LogP contribution in [0.15, 0.2) is 59.7 Å². The van der Waals surface area contributed by atoms with Crippen molar-refractivity contribution in [2.75, 3.05) is 19.6 Å². The van der Waals surface area contributed by atoms with Gasteiger partial charge in [-0.3, -0.25) is 19.5 Å². The molecule has 5 rings (SSSR count). The van der Waals surface area contributed by atoms with Crippen LogP contribution in [0.3, 0.4) is 0 Å². The van der Waals surface area contributed by atoms with Crippen LogP contribution in [0.4, 0.5) is 0 Å². The van der Waals surface area contributed by atoms with Gasteiger partial charge in [-0.1, -0.05) is 30.3 Å². The summed E-state index contributed by atoms with van der Waals surface area (Å²) in [7, 11) is 0. The van der Waals surface area contributed by atoms with Crippen molar-refractivity contribution < 1.29 is 4.79 Å². The Hall–Kier alpha value is -3.32. The molecule has 0 spiro atoms. The monoisotopic (exact) mass is 429 g/mol. The van der Waals surface area contributed by atoms with E-state index in [2.05, 4.69) is 27.0 Å². The van der Waals surface area contributed by atoms with Gasteiger partial charge in [0.15, 0.2) is 0 Å². The smallest absolute Gasteiger partial charge is 0.255 e. The molecular formula is C25H27N5O2. The van der Waals surface area contributed by atoms with Gasteiger partial charge in [-0.15, -0.1) is 0 Å². The summed E-state index contributed by atoms with van der Waals surface area (Å²) in [5.74, 6) is 0.967. The van der Waals surface area contributed by atoms with Crippen LogP contribution in [-0.2, 0) is 19.5 Å². The highest BCUT2D eigenvalue weighted by molar-refractivity contribution is 5.93. The molecule has 32 heavy (non-hydrogen) atoms. The zero-order valence-corrected chi connectivity index (χ0v) is 18.0. The zero-order chi connectivity index (χ0) is 21.9. The first-order valence-corrected chi connectivity index (χ1v) is 11.2. The Morgan fingerprint density at radius 1 is 1.06 bits per heavy atom. The molecule has 4 heterocycles. The minimum atomic E-state index is -0.0170. The highest BCUT2D eigenvalue weighted by Crippen LogP contribution is 2.27. The number of carbonyl (C=O) groups excluding carboxylic acids is 1. The van der Waals surface area contributed by atoms with E-state index in [0.717, 1.165) is 49.4 Å². The second-order valence-corrected chi connectivity index (χ2v) is 8.63. The molecule has 1 aromatic carbocycles. The second kappa shape index (κ2) is 9.04. The molecule has 2 aliphatic rings. The normalized spacial score (nSPS) is 17.2. The van der Waals surface area contributed by atoms with E-state index in [1.54, 1.807) is 24.5 Å². The number of pyridine rings is 1. The number of rotatable bonds is 4. The van der Waals surface area contributed by atoms with Crippen molar-refractivity contribution in [1.82, 2.24) is 24.8 Å². The van der Waals surface area contributed by atoms with Crippen LogP contribution < -0.4 is 5.56 Å². The highest BCUT2D eigenvalue weighted by Gasteiger charge is 2.28. The molecule has 7 heteroatoms. The van der Waals surface area contributed by atoms with Crippen LogP contribution in [0.5, 0.6) is 0 Å². The van der Waals surface area contributed by atoms with Crippen molar-refractivity contribution in [1.29, 1.82) is 0 Å². The molecule has 0 bridgehead atoms. The van der Waals surface area contributed by atoms with Gasteiger partial charge in [0, 0.05) is 57.5 Å². The van der Waals surface area contributed by atoms with Gasteiger partial charge < -0.3 is 9.88 Å². The van der Waals surface area contributed by atoms with E-state index in [4.69, 9.17) is 4.98 Å². The van der Waals surface area contributed by atoms with Crippen LogP contribution >= 0.6 is 0 Å². The molecule has 0 saturated carbocycles. The van der Waals surface area contributed by atoms with Crippen LogP contribution in [0.1, 0.15) is 51.8 Å². The summed E-state index contributed by atoms with van der Waals surface area (Å²) in [5.41, 5.74) is 3.58. The highest BCUT2D eigenvalue weighted by atomic mass is 16.2. The van der Waals surface area contributed by atoms with Gasteiger partial charge in [0.2, 0.25) is 0 Å². The number of aromatic amines is 1. The number of H-pyrrole nitrogens is 1. The lowest BCUT2D eigenvalue weighted by atomic mass is 9.94. The molecule has 7 nitrogen and oxygen atoms in total. The van der Waals surface area contributed by atoms with Gasteiger partial charge in [0.05, 0.1) is 16.8 Å². The van der Waals surface area contributed by atoms with E-state index in [1.807, 2.05) is 23.1 Å². The van der Waals surface area contributed by atoms with E-state index in [-0.39, 0.29) is 17.4 Å². The van der Waals surface area contributed by atoms with Crippen molar-refractivity contribution in [2.24, 2.45) is 0 Å². The standard InChI is InChI=1S/C25H27N5O2/c31-24-21-17-29(16-18-5-2-1-3-6-18)12-10-22(21)27-23(28-24)19-8-13-30(14-9-19)25(32)20-7-4-11-26-15-20/h1-7,11,15,19H,8-10,12-14,16-17H2,(H,27,28,31). The number of hydrogen-bond acceptors (Lipinski definition) is 5. The van der Waals surface area contributed by atoms with Gasteiger partial charge in [0.25, 0.3) is 11.5 Å². The fraction of sp³-hybridized carbons (Fsp3) is 0.360. The van der Waals surface area contributed by atoms with Crippen molar-refractivity contribution in [3.8, 4) is 0 Å². The lowest BCUT2D eigenvalue weighted by molar-refractivity contribution is 0.0710. The van der Waals surface area contributed by atoms with Crippen LogP contribution in [-0.4, -0.2) is 50.3 Å². The third kappa shape index (κ3) is 4.34. The molecular weight excluding hydrogens is 402 g/mol. The number of hydrogen-bond donors (Lipinski definition) is 1. The summed E-state index contributed by atoms with van der Waals surface area (Å²) < 4.78 is 0. The van der Waals surface area contributed by atoms with Crippen LogP contribution in [0, 0.1) is 0 Å². The molecule has 2 aromatic heterocycles. The number of amides is 1. The van der Waals surface area contributed by atoms with E-state index in [1.165, 1.54) is 5.56 Å². The first-order valence-electron chi connectivity index (χ1n) is 11.2. The molecule has 0 aliphatic carbocycles. The van der Waals surface area contributed by atoms with Gasteiger partial charge in [-0.25, -0.2) is 4.98 Å². The molecule has 0 unspecified atom stereocenters. The van der Waals surface area contributed by atoms with E-state index >= 15 is 0 Å². The second-order valence-electron chi connectivity index (χ2n) is 8.63. The summed E-state index contributed by atoms with van der Waals surface area (Å²) in [5, 5.41) is 0. The number of nitrogens with one attached hydrogen (secondary N) is 1. The van der Waals surface area contributed by atoms with E-state index in [9.17, 15) is 9.59 Å². The Morgan fingerprint density at radius 2 is 1.88 bits per heavy atom. The van der Waals surface area contributed by atoms with Crippen molar-refractivity contribution in [3.63, 3.8) is 0 Å². The molecule has 1 amide bonds. The van der Waals surface area contributed by atoms with Gasteiger partial charge in [-0.05, 0) is 30.5 Å². The number of benzene rings is 1. The predicted octanol–water partition coefficient (Wildman–Crippen LogP) is 2.74. The Balaban J connectivity index is 1.24. The van der Waals surface area contributed by atoms with Gasteiger partial charge >= 0.3 is 0 Å². The third-order valence-corrected chi connectivity index (χ3v) is 6.49. The molecule has 0 radical (unpaired) electrons. The van der Waals surface area contributed by atoms with Crippen LogP contribution in [0.2, 0.25) is 0 Å². The summed E-state index contributed by atoms with van der Waals surface area (Å²) in [4.78, 5) is 41.7. The quantitative estimate of drug-likeness (QED) is 0.690. The van der Waals surface area contributed by atoms with Gasteiger partial charge in [-0.2, -0.15) is 0 Å². The Labute approximate surface area is 187 Å². The predicted molar refractivity (Wildman–Crippen MR) is 121 cm³/mol. The van der Waals surface area contributed by atoms with Crippen molar-refractivity contribution in [3.05, 3.63) is 93.4 Å². The average molecular weight is 430 g/mol. The maximum Gasteiger partial charge on any atom is 0.255 e. The number of piperidine rings is 1. The minimum Gasteiger partial charge on any atom is -0.339 e. The summed E-state index contributed by atoms with van der Waals surface area (Å²) >= 11 is 0. The topological polar surface area (TPSA) is 82.2 Å². The van der Waals surface area contributed by atoms with E-state index in [0.29, 0.717) is 25.2 Å². The maximum atomic E-state index is 12.9. The molecule has 1 N–H and O–H groups in total. The molecule has 1 saturated heterocycles. The fourth-order valence-corrected chi connectivity index (χ4v) is 4.70. The number of nitrogens with zero attached hydrogens (tertiary/aromatic N) is 4. The largest absolute Gasteiger partial charge is 0.339 e. The number of aromatic nitrogens is 3. The van der Waals surface area contributed by atoms with Gasteiger partial charge in [0.1, 0.15) is 5.82 Å². The van der Waals surface area contributed by atoms with Crippen molar-refractivity contribution in [2.45, 2.75) is 38.3 Å². The third-order valence-electron chi connectivity index (χ3n) is 6.49. The first-order chi connectivity index (χ1) is 15.7. The zero-order valence-electron chi connectivity index (χ0n) is 18.0. The molecule has 2 aliphatic heterocycles.